The molecule has 1 saturated heterocycles. The zero-order valence-corrected chi connectivity index (χ0v) is 20.4. The monoisotopic (exact) mass is 528 g/mol. The summed E-state index contributed by atoms with van der Waals surface area (Å²) in [5.74, 6) is -0.532. The molecule has 2 aromatic heterocycles. The molecule has 0 radical (unpaired) electrons. The van der Waals surface area contributed by atoms with E-state index in [1.807, 2.05) is 0 Å². The second-order valence-electron chi connectivity index (χ2n) is 9.06. The highest BCUT2D eigenvalue weighted by atomic mass is 19.4. The van der Waals surface area contributed by atoms with Gasteiger partial charge in [-0.1, -0.05) is 0 Å². The molecule has 0 saturated carbocycles. The van der Waals surface area contributed by atoms with Crippen LogP contribution in [0.4, 0.5) is 28.0 Å². The van der Waals surface area contributed by atoms with Gasteiger partial charge in [-0.05, 0) is 49.5 Å². The summed E-state index contributed by atoms with van der Waals surface area (Å²) in [5.41, 5.74) is -0.281. The normalized spacial score (nSPS) is 15.1. The average Bonchev–Trinajstić information content (AvgIpc) is 3.30. The number of likely N-dealkylation sites (N-methyl/N-ethyl adjacent to an activating group) is 1. The van der Waals surface area contributed by atoms with E-state index in [0.717, 1.165) is 37.9 Å². The number of rotatable bonds is 5. The third-order valence-electron chi connectivity index (χ3n) is 6.31. The quantitative estimate of drug-likeness (QED) is 0.359. The van der Waals surface area contributed by atoms with Crippen LogP contribution in [-0.4, -0.2) is 63.6 Å². The van der Waals surface area contributed by atoms with Gasteiger partial charge in [-0.2, -0.15) is 13.2 Å². The van der Waals surface area contributed by atoms with Crippen molar-refractivity contribution in [3.63, 3.8) is 0 Å². The van der Waals surface area contributed by atoms with E-state index < -0.39 is 23.6 Å². The molecular formula is C26H24F4N6O2. The van der Waals surface area contributed by atoms with Crippen molar-refractivity contribution in [2.45, 2.75) is 12.7 Å². The van der Waals surface area contributed by atoms with Crippen LogP contribution in [0.25, 0.3) is 10.9 Å². The molecule has 0 unspecified atom stereocenters. The van der Waals surface area contributed by atoms with Gasteiger partial charge < -0.3 is 15.0 Å². The number of halogens is 4. The minimum Gasteiger partial charge on any atom is -0.439 e. The Morgan fingerprint density at radius 2 is 1.82 bits per heavy atom. The molecule has 1 fully saturated rings. The topological polar surface area (TPSA) is 75.5 Å². The summed E-state index contributed by atoms with van der Waals surface area (Å²) in [6.45, 7) is 4.63. The number of carbonyl (C=O) groups is 1. The second kappa shape index (κ2) is 10.4. The van der Waals surface area contributed by atoms with Crippen molar-refractivity contribution in [1.29, 1.82) is 0 Å². The summed E-state index contributed by atoms with van der Waals surface area (Å²) >= 11 is 0. The first-order valence-electron chi connectivity index (χ1n) is 11.8. The SMILES string of the molecule is CN1CCN(Cc2cc(Oc3ccc4c(ccn4C(=O)Nc4ccc(F)c(C(F)(F)F)c4)c3)ncn2)CC1. The van der Waals surface area contributed by atoms with Gasteiger partial charge in [0.05, 0.1) is 16.8 Å². The molecule has 3 heterocycles. The number of piperazine rings is 1. The Morgan fingerprint density at radius 3 is 2.58 bits per heavy atom. The molecule has 1 N–H and O–H groups in total. The zero-order valence-electron chi connectivity index (χ0n) is 20.4. The number of hydrogen-bond donors (Lipinski definition) is 1. The highest BCUT2D eigenvalue weighted by molar-refractivity contribution is 5.98. The Hall–Kier alpha value is -4.03. The van der Waals surface area contributed by atoms with Crippen LogP contribution in [0, 0.1) is 5.82 Å². The maximum absolute atomic E-state index is 13.6. The minimum absolute atomic E-state index is 0.179. The fourth-order valence-electron chi connectivity index (χ4n) is 4.24. The molecule has 12 heteroatoms. The van der Waals surface area contributed by atoms with Crippen molar-refractivity contribution in [3.05, 3.63) is 78.1 Å². The van der Waals surface area contributed by atoms with Gasteiger partial charge in [0.2, 0.25) is 5.88 Å². The summed E-state index contributed by atoms with van der Waals surface area (Å²) in [4.78, 5) is 25.9. The number of aromatic nitrogens is 3. The molecule has 1 aliphatic heterocycles. The van der Waals surface area contributed by atoms with Crippen LogP contribution >= 0.6 is 0 Å². The lowest BCUT2D eigenvalue weighted by Crippen LogP contribution is -2.44. The number of alkyl halides is 3. The molecule has 2 aromatic carbocycles. The van der Waals surface area contributed by atoms with Gasteiger partial charge in [-0.3, -0.25) is 9.47 Å². The predicted octanol–water partition coefficient (Wildman–Crippen LogP) is 5.21. The van der Waals surface area contributed by atoms with Crippen LogP contribution in [0.1, 0.15) is 11.3 Å². The van der Waals surface area contributed by atoms with E-state index >= 15 is 0 Å². The Bertz CT molecular complexity index is 1460. The number of hydrogen-bond acceptors (Lipinski definition) is 6. The first-order valence-corrected chi connectivity index (χ1v) is 11.8. The predicted molar refractivity (Wildman–Crippen MR) is 133 cm³/mol. The number of amides is 1. The van der Waals surface area contributed by atoms with Gasteiger partial charge >= 0.3 is 12.2 Å². The summed E-state index contributed by atoms with van der Waals surface area (Å²) in [7, 11) is 2.10. The third-order valence-corrected chi connectivity index (χ3v) is 6.31. The van der Waals surface area contributed by atoms with E-state index in [-0.39, 0.29) is 5.69 Å². The molecule has 5 rings (SSSR count). The summed E-state index contributed by atoms with van der Waals surface area (Å²) in [6.07, 6.45) is -1.94. The number of anilines is 1. The summed E-state index contributed by atoms with van der Waals surface area (Å²) in [6, 6.07) is 10.1. The smallest absolute Gasteiger partial charge is 0.419 e. The molecule has 0 aliphatic carbocycles. The summed E-state index contributed by atoms with van der Waals surface area (Å²) < 4.78 is 59.7. The molecule has 0 bridgehead atoms. The average molecular weight is 529 g/mol. The van der Waals surface area contributed by atoms with Crippen LogP contribution in [0.5, 0.6) is 11.6 Å². The van der Waals surface area contributed by atoms with E-state index in [0.29, 0.717) is 41.2 Å². The fourth-order valence-corrected chi connectivity index (χ4v) is 4.24. The largest absolute Gasteiger partial charge is 0.439 e. The number of fused-ring (bicyclic) bond motifs is 1. The number of benzene rings is 2. The number of carbonyl (C=O) groups excluding carboxylic acids is 1. The lowest BCUT2D eigenvalue weighted by atomic mass is 10.2. The Balaban J connectivity index is 1.28. The van der Waals surface area contributed by atoms with Crippen molar-refractivity contribution >= 4 is 22.6 Å². The lowest BCUT2D eigenvalue weighted by Gasteiger charge is -2.31. The molecule has 198 valence electrons. The van der Waals surface area contributed by atoms with Crippen molar-refractivity contribution in [2.24, 2.45) is 0 Å². The molecule has 38 heavy (non-hydrogen) atoms. The Morgan fingerprint density at radius 1 is 1.03 bits per heavy atom. The van der Waals surface area contributed by atoms with Gasteiger partial charge in [0, 0.05) is 56.1 Å². The number of nitrogens with zero attached hydrogens (tertiary/aromatic N) is 5. The van der Waals surface area contributed by atoms with Crippen molar-refractivity contribution in [3.8, 4) is 11.6 Å². The molecule has 8 nitrogen and oxygen atoms in total. The standard InChI is InChI=1S/C26H24F4N6O2/c1-34-8-10-35(11-9-34)15-19-14-24(32-16-31-19)38-20-3-5-23-17(12-20)6-7-36(23)25(37)33-18-2-4-22(27)21(13-18)26(28,29)30/h2-7,12-14,16H,8-11,15H2,1H3,(H,33,37). The molecule has 1 amide bonds. The highest BCUT2D eigenvalue weighted by Crippen LogP contribution is 2.33. The van der Waals surface area contributed by atoms with E-state index in [4.69, 9.17) is 4.74 Å². The number of nitrogens with one attached hydrogen (secondary N) is 1. The van der Waals surface area contributed by atoms with Crippen molar-refractivity contribution < 1.29 is 27.1 Å². The molecular weight excluding hydrogens is 504 g/mol. The maximum atomic E-state index is 13.6. The van der Waals surface area contributed by atoms with Crippen LogP contribution in [0.3, 0.4) is 0 Å². The molecule has 0 spiro atoms. The Kier molecular flexibility index (Phi) is 7.00. The zero-order chi connectivity index (χ0) is 26.9. The first-order chi connectivity index (χ1) is 18.2. The molecule has 4 aromatic rings. The van der Waals surface area contributed by atoms with Gasteiger partial charge in [0.25, 0.3) is 0 Å². The van der Waals surface area contributed by atoms with Crippen LogP contribution in [0.2, 0.25) is 0 Å². The van der Waals surface area contributed by atoms with Gasteiger partial charge in [0.15, 0.2) is 0 Å². The van der Waals surface area contributed by atoms with Crippen LogP contribution < -0.4 is 10.1 Å². The molecule has 0 atom stereocenters. The van der Waals surface area contributed by atoms with Crippen molar-refractivity contribution in [2.75, 3.05) is 38.5 Å². The second-order valence-corrected chi connectivity index (χ2v) is 9.06. The minimum atomic E-state index is -4.88. The summed E-state index contributed by atoms with van der Waals surface area (Å²) in [5, 5.41) is 3.04. The van der Waals surface area contributed by atoms with E-state index in [2.05, 4.69) is 32.1 Å². The third kappa shape index (κ3) is 5.76. The lowest BCUT2D eigenvalue weighted by molar-refractivity contribution is -0.139. The van der Waals surface area contributed by atoms with Gasteiger partial charge in [-0.25, -0.2) is 19.2 Å². The van der Waals surface area contributed by atoms with Gasteiger partial charge in [0.1, 0.15) is 17.9 Å². The van der Waals surface area contributed by atoms with E-state index in [9.17, 15) is 22.4 Å². The first kappa shape index (κ1) is 25.6. The maximum Gasteiger partial charge on any atom is 0.419 e. The molecule has 1 aliphatic rings. The van der Waals surface area contributed by atoms with Crippen LogP contribution in [0.15, 0.2) is 61.1 Å². The van der Waals surface area contributed by atoms with Gasteiger partial charge in [-0.15, -0.1) is 0 Å². The fraction of sp³-hybridized carbons (Fsp3) is 0.269. The van der Waals surface area contributed by atoms with Crippen LogP contribution in [-0.2, 0) is 12.7 Å². The number of ether oxygens (including phenoxy) is 1. The highest BCUT2D eigenvalue weighted by Gasteiger charge is 2.34. The Labute approximate surface area is 215 Å². The van der Waals surface area contributed by atoms with E-state index in [1.54, 1.807) is 30.3 Å². The van der Waals surface area contributed by atoms with Crippen molar-refractivity contribution in [1.82, 2.24) is 24.3 Å². The van der Waals surface area contributed by atoms with E-state index in [1.165, 1.54) is 17.1 Å².